The molecule has 0 radical (unpaired) electrons. The van der Waals surface area contributed by atoms with Crippen LogP contribution in [0, 0.1) is 0 Å². The van der Waals surface area contributed by atoms with Crippen molar-refractivity contribution in [1.29, 1.82) is 0 Å². The number of carbonyl (C=O) groups excluding carboxylic acids is 1. The Morgan fingerprint density at radius 1 is 1.45 bits per heavy atom. The van der Waals surface area contributed by atoms with Crippen LogP contribution in [0.2, 0.25) is 0 Å². The molecule has 0 spiro atoms. The first-order valence-electron chi connectivity index (χ1n) is 5.86. The molecule has 2 amide bonds. The second-order valence-corrected chi connectivity index (χ2v) is 4.80. The quantitative estimate of drug-likeness (QED) is 0.599. The summed E-state index contributed by atoms with van der Waals surface area (Å²) in [6.45, 7) is 0.459. The van der Waals surface area contributed by atoms with Gasteiger partial charge in [-0.15, -0.1) is 11.3 Å². The number of nitrogens with zero attached hydrogens (tertiary/aromatic N) is 2. The predicted octanol–water partition coefficient (Wildman–Crippen LogP) is 1.32. The van der Waals surface area contributed by atoms with Gasteiger partial charge in [-0.3, -0.25) is 10.4 Å². The third-order valence-electron chi connectivity index (χ3n) is 2.46. The molecule has 0 aliphatic heterocycles. The minimum atomic E-state index is -1.06. The average Bonchev–Trinajstić information content (AvgIpc) is 3.05. The molecule has 0 fully saturated rings. The minimum Gasteiger partial charge on any atom is -0.478 e. The molecule has 0 aromatic carbocycles. The number of H-pyrrole nitrogens is 1. The fourth-order valence-corrected chi connectivity index (χ4v) is 2.30. The van der Waals surface area contributed by atoms with Gasteiger partial charge in [0.1, 0.15) is 17.2 Å². The van der Waals surface area contributed by atoms with Crippen LogP contribution in [0.25, 0.3) is 0 Å². The second kappa shape index (κ2) is 6.66. The van der Waals surface area contributed by atoms with Crippen molar-refractivity contribution in [3.05, 3.63) is 29.2 Å². The summed E-state index contributed by atoms with van der Waals surface area (Å²) >= 11 is 1.17. The number of aromatic amines is 1. The number of carboxylic acid groups (broad SMARTS) is 1. The van der Waals surface area contributed by atoms with E-state index in [0.717, 1.165) is 5.82 Å². The molecule has 20 heavy (non-hydrogen) atoms. The number of aryl methyl sites for hydroxylation is 1. The topological polar surface area (TPSA) is 120 Å². The van der Waals surface area contributed by atoms with Crippen LogP contribution in [0.3, 0.4) is 0 Å². The Bertz CT molecular complexity index is 581. The SMILES string of the molecule is O=C(NCCCc1ncn[nH]1)Nc1sccc1C(=O)O. The van der Waals surface area contributed by atoms with Crippen LogP contribution in [0.1, 0.15) is 22.6 Å². The van der Waals surface area contributed by atoms with Crippen LogP contribution in [0.5, 0.6) is 0 Å². The highest BCUT2D eigenvalue weighted by Crippen LogP contribution is 2.22. The molecule has 0 saturated heterocycles. The Balaban J connectivity index is 1.72. The first-order chi connectivity index (χ1) is 9.66. The molecule has 0 unspecified atom stereocenters. The average molecular weight is 295 g/mol. The summed E-state index contributed by atoms with van der Waals surface area (Å²) in [6, 6.07) is 1.03. The number of carbonyl (C=O) groups is 2. The Hall–Kier alpha value is -2.42. The van der Waals surface area contributed by atoms with Crippen molar-refractivity contribution >= 4 is 28.3 Å². The number of rotatable bonds is 6. The van der Waals surface area contributed by atoms with E-state index in [1.807, 2.05) is 0 Å². The summed E-state index contributed by atoms with van der Waals surface area (Å²) in [5.74, 6) is -0.300. The van der Waals surface area contributed by atoms with Crippen molar-refractivity contribution < 1.29 is 14.7 Å². The first-order valence-corrected chi connectivity index (χ1v) is 6.74. The third kappa shape index (κ3) is 3.79. The molecule has 9 heteroatoms. The van der Waals surface area contributed by atoms with E-state index in [1.54, 1.807) is 5.38 Å². The zero-order valence-electron chi connectivity index (χ0n) is 10.4. The zero-order chi connectivity index (χ0) is 14.4. The molecule has 0 aliphatic rings. The van der Waals surface area contributed by atoms with Gasteiger partial charge in [-0.1, -0.05) is 0 Å². The molecule has 106 valence electrons. The normalized spacial score (nSPS) is 10.2. The molecule has 2 aromatic heterocycles. The fourth-order valence-electron chi connectivity index (χ4n) is 1.53. The molecular formula is C11H13N5O3S. The monoisotopic (exact) mass is 295 g/mol. The van der Waals surface area contributed by atoms with Crippen molar-refractivity contribution in [2.45, 2.75) is 12.8 Å². The minimum absolute atomic E-state index is 0.0896. The van der Waals surface area contributed by atoms with Crippen LogP contribution < -0.4 is 10.6 Å². The Morgan fingerprint density at radius 3 is 3.00 bits per heavy atom. The van der Waals surface area contributed by atoms with Crippen LogP contribution in [-0.2, 0) is 6.42 Å². The van der Waals surface area contributed by atoms with E-state index in [1.165, 1.54) is 23.7 Å². The number of amides is 2. The van der Waals surface area contributed by atoms with Crippen LogP contribution >= 0.6 is 11.3 Å². The van der Waals surface area contributed by atoms with E-state index in [9.17, 15) is 9.59 Å². The van der Waals surface area contributed by atoms with Gasteiger partial charge in [0.05, 0.1) is 5.56 Å². The molecule has 2 rings (SSSR count). The second-order valence-electron chi connectivity index (χ2n) is 3.89. The number of nitrogens with one attached hydrogen (secondary N) is 3. The van der Waals surface area contributed by atoms with Gasteiger partial charge in [0.2, 0.25) is 0 Å². The summed E-state index contributed by atoms with van der Waals surface area (Å²) in [6.07, 6.45) is 2.82. The van der Waals surface area contributed by atoms with Gasteiger partial charge in [-0.2, -0.15) is 5.10 Å². The van der Waals surface area contributed by atoms with Gasteiger partial charge < -0.3 is 10.4 Å². The predicted molar refractivity (Wildman–Crippen MR) is 73.0 cm³/mol. The van der Waals surface area contributed by atoms with Gasteiger partial charge in [0.25, 0.3) is 0 Å². The van der Waals surface area contributed by atoms with Crippen molar-refractivity contribution in [2.75, 3.05) is 11.9 Å². The third-order valence-corrected chi connectivity index (χ3v) is 3.29. The van der Waals surface area contributed by atoms with Crippen LogP contribution in [-0.4, -0.2) is 38.8 Å². The zero-order valence-corrected chi connectivity index (χ0v) is 11.2. The number of anilines is 1. The van der Waals surface area contributed by atoms with E-state index >= 15 is 0 Å². The molecular weight excluding hydrogens is 282 g/mol. The maximum Gasteiger partial charge on any atom is 0.338 e. The highest BCUT2D eigenvalue weighted by atomic mass is 32.1. The number of aromatic carboxylic acids is 1. The number of thiophene rings is 1. The summed E-state index contributed by atoms with van der Waals surface area (Å²) in [5, 5.41) is 22.5. The van der Waals surface area contributed by atoms with Crippen LogP contribution in [0.4, 0.5) is 9.80 Å². The standard InChI is InChI=1S/C11H13N5O3S/c17-10(18)7-3-5-20-9(7)15-11(19)12-4-1-2-8-13-6-14-16-8/h3,5-6H,1-2,4H2,(H,17,18)(H2,12,15,19)(H,13,14,16). The molecule has 0 aliphatic carbocycles. The van der Waals surface area contributed by atoms with Gasteiger partial charge in [0, 0.05) is 13.0 Å². The number of urea groups is 1. The van der Waals surface area contributed by atoms with E-state index in [4.69, 9.17) is 5.11 Å². The smallest absolute Gasteiger partial charge is 0.338 e. The summed E-state index contributed by atoms with van der Waals surface area (Å²) in [4.78, 5) is 26.4. The van der Waals surface area contributed by atoms with Gasteiger partial charge in [-0.25, -0.2) is 14.6 Å². The van der Waals surface area contributed by atoms with Crippen molar-refractivity contribution in [3.63, 3.8) is 0 Å². The van der Waals surface area contributed by atoms with Gasteiger partial charge in [0.15, 0.2) is 0 Å². The van der Waals surface area contributed by atoms with Crippen molar-refractivity contribution in [2.24, 2.45) is 0 Å². The molecule has 8 nitrogen and oxygen atoms in total. The van der Waals surface area contributed by atoms with E-state index in [0.29, 0.717) is 24.4 Å². The molecule has 4 N–H and O–H groups in total. The Morgan fingerprint density at radius 2 is 2.30 bits per heavy atom. The lowest BCUT2D eigenvalue weighted by Gasteiger charge is -2.06. The Kier molecular flexibility index (Phi) is 4.66. The number of hydrogen-bond acceptors (Lipinski definition) is 5. The van der Waals surface area contributed by atoms with Gasteiger partial charge in [-0.05, 0) is 17.9 Å². The van der Waals surface area contributed by atoms with Gasteiger partial charge >= 0.3 is 12.0 Å². The number of hydrogen-bond donors (Lipinski definition) is 4. The maximum atomic E-state index is 11.6. The lowest BCUT2D eigenvalue weighted by atomic mass is 10.3. The highest BCUT2D eigenvalue weighted by Gasteiger charge is 2.13. The Labute approximate surface area is 118 Å². The van der Waals surface area contributed by atoms with Crippen molar-refractivity contribution in [1.82, 2.24) is 20.5 Å². The molecule has 0 saturated carbocycles. The summed E-state index contributed by atoms with van der Waals surface area (Å²) in [5.41, 5.74) is 0.0896. The van der Waals surface area contributed by atoms with E-state index < -0.39 is 12.0 Å². The molecule has 2 heterocycles. The highest BCUT2D eigenvalue weighted by molar-refractivity contribution is 7.14. The molecule has 0 bridgehead atoms. The fraction of sp³-hybridized carbons (Fsp3) is 0.273. The number of aromatic nitrogens is 3. The maximum absolute atomic E-state index is 11.6. The first kappa shape index (κ1) is 14.0. The summed E-state index contributed by atoms with van der Waals surface area (Å²) < 4.78 is 0. The van der Waals surface area contributed by atoms with Crippen LogP contribution in [0.15, 0.2) is 17.8 Å². The lowest BCUT2D eigenvalue weighted by molar-refractivity contribution is 0.0698. The van der Waals surface area contributed by atoms with Crippen molar-refractivity contribution in [3.8, 4) is 0 Å². The molecule has 0 atom stereocenters. The summed E-state index contributed by atoms with van der Waals surface area (Å²) in [7, 11) is 0. The number of carboxylic acids is 1. The molecule has 2 aromatic rings. The lowest BCUT2D eigenvalue weighted by Crippen LogP contribution is -2.30. The largest absolute Gasteiger partial charge is 0.478 e. The van der Waals surface area contributed by atoms with E-state index in [2.05, 4.69) is 25.8 Å². The van der Waals surface area contributed by atoms with E-state index in [-0.39, 0.29) is 5.56 Å².